The van der Waals surface area contributed by atoms with Crippen molar-refractivity contribution in [2.24, 2.45) is 0 Å². The molecule has 0 amide bonds. The van der Waals surface area contributed by atoms with Crippen LogP contribution in [-0.4, -0.2) is 39.6 Å². The van der Waals surface area contributed by atoms with Crippen molar-refractivity contribution in [2.75, 3.05) is 25.9 Å². The molecule has 90 valence electrons. The molecule has 0 radical (unpaired) electrons. The van der Waals surface area contributed by atoms with Crippen molar-refractivity contribution in [3.63, 3.8) is 0 Å². The number of hydrogen-bond acceptors (Lipinski definition) is 4. The molecule has 5 nitrogen and oxygen atoms in total. The molecule has 0 atom stereocenters. The molecule has 1 fully saturated rings. The van der Waals surface area contributed by atoms with Gasteiger partial charge in [-0.05, 0) is 39.0 Å². The number of likely N-dealkylation sites (tertiary alicyclic amines) is 1. The van der Waals surface area contributed by atoms with Crippen LogP contribution in [0.1, 0.15) is 24.5 Å². The van der Waals surface area contributed by atoms with Gasteiger partial charge in [0.05, 0.1) is 5.69 Å². The maximum Gasteiger partial charge on any atom is 0.157 e. The molecule has 0 aromatic carbocycles. The van der Waals surface area contributed by atoms with Crippen LogP contribution in [0.3, 0.4) is 0 Å². The minimum absolute atomic E-state index is 0.548. The summed E-state index contributed by atoms with van der Waals surface area (Å²) in [5.74, 6) is 1.20. The summed E-state index contributed by atoms with van der Waals surface area (Å²) < 4.78 is 1.73. The molecule has 2 N–H and O–H groups in total. The first-order chi connectivity index (χ1) is 8.24. The van der Waals surface area contributed by atoms with Gasteiger partial charge in [0.1, 0.15) is 5.82 Å². The summed E-state index contributed by atoms with van der Waals surface area (Å²) in [6.07, 6.45) is 4.06. The van der Waals surface area contributed by atoms with Crippen molar-refractivity contribution in [3.05, 3.63) is 24.0 Å². The molecule has 1 aliphatic rings. The Morgan fingerprint density at radius 1 is 1.35 bits per heavy atom. The molecule has 3 rings (SSSR count). The van der Waals surface area contributed by atoms with Crippen LogP contribution >= 0.6 is 0 Å². The number of nitrogen functional groups attached to an aromatic ring is 1. The molecule has 1 aliphatic heterocycles. The van der Waals surface area contributed by atoms with Gasteiger partial charge >= 0.3 is 0 Å². The van der Waals surface area contributed by atoms with Gasteiger partial charge in [-0.15, -0.1) is 0 Å². The number of hydrogen-bond donors (Lipinski definition) is 1. The van der Waals surface area contributed by atoms with E-state index in [0.29, 0.717) is 11.7 Å². The minimum Gasteiger partial charge on any atom is -0.384 e. The fraction of sp³-hybridized carbons (Fsp3) is 0.500. The highest BCUT2D eigenvalue weighted by molar-refractivity contribution is 5.46. The lowest BCUT2D eigenvalue weighted by Gasteiger charge is -2.27. The van der Waals surface area contributed by atoms with E-state index in [4.69, 9.17) is 5.73 Å². The summed E-state index contributed by atoms with van der Waals surface area (Å²) in [6.45, 7) is 2.28. The Morgan fingerprint density at radius 3 is 2.82 bits per heavy atom. The topological polar surface area (TPSA) is 59.5 Å². The fourth-order valence-corrected chi connectivity index (χ4v) is 2.44. The molecule has 1 saturated heterocycles. The predicted molar refractivity (Wildman–Crippen MR) is 66.9 cm³/mol. The Hall–Kier alpha value is -1.62. The lowest BCUT2D eigenvalue weighted by atomic mass is 9.94. The number of rotatable bonds is 1. The maximum atomic E-state index is 5.87. The monoisotopic (exact) mass is 231 g/mol. The van der Waals surface area contributed by atoms with Gasteiger partial charge in [-0.1, -0.05) is 0 Å². The summed E-state index contributed by atoms with van der Waals surface area (Å²) in [5, 5.41) is 4.57. The molecule has 2 aromatic heterocycles. The van der Waals surface area contributed by atoms with Crippen molar-refractivity contribution in [3.8, 4) is 0 Å². The van der Waals surface area contributed by atoms with Crippen LogP contribution in [0.5, 0.6) is 0 Å². The molecule has 0 spiro atoms. The lowest BCUT2D eigenvalue weighted by molar-refractivity contribution is 0.253. The van der Waals surface area contributed by atoms with E-state index in [1.54, 1.807) is 16.8 Å². The molecular formula is C12H17N5. The quantitative estimate of drug-likeness (QED) is 0.799. The van der Waals surface area contributed by atoms with Crippen molar-refractivity contribution < 1.29 is 0 Å². The Bertz CT molecular complexity index is 525. The first kappa shape index (κ1) is 10.5. The highest BCUT2D eigenvalue weighted by Gasteiger charge is 2.21. The summed E-state index contributed by atoms with van der Waals surface area (Å²) in [7, 11) is 2.17. The number of piperidine rings is 1. The predicted octanol–water partition coefficient (Wildman–Crippen LogP) is 1.12. The summed E-state index contributed by atoms with van der Waals surface area (Å²) in [6, 6.07) is 3.84. The molecular weight excluding hydrogens is 214 g/mol. The van der Waals surface area contributed by atoms with Crippen LogP contribution in [0.2, 0.25) is 0 Å². The fourth-order valence-electron chi connectivity index (χ4n) is 2.44. The van der Waals surface area contributed by atoms with E-state index in [9.17, 15) is 0 Å². The van der Waals surface area contributed by atoms with Gasteiger partial charge < -0.3 is 10.6 Å². The molecule has 3 heterocycles. The second kappa shape index (κ2) is 4.00. The van der Waals surface area contributed by atoms with Crippen LogP contribution in [0, 0.1) is 0 Å². The van der Waals surface area contributed by atoms with Crippen molar-refractivity contribution in [1.29, 1.82) is 0 Å². The van der Waals surface area contributed by atoms with Gasteiger partial charge in [0.15, 0.2) is 5.65 Å². The van der Waals surface area contributed by atoms with Gasteiger partial charge in [0.25, 0.3) is 0 Å². The highest BCUT2D eigenvalue weighted by atomic mass is 15.3. The van der Waals surface area contributed by atoms with E-state index in [1.165, 1.54) is 12.8 Å². The smallest absolute Gasteiger partial charge is 0.157 e. The third kappa shape index (κ3) is 1.86. The third-order valence-electron chi connectivity index (χ3n) is 3.54. The maximum absolute atomic E-state index is 5.87. The first-order valence-electron chi connectivity index (χ1n) is 6.03. The average Bonchev–Trinajstić information content (AvgIpc) is 2.75. The average molecular weight is 231 g/mol. The molecule has 0 saturated carbocycles. The van der Waals surface area contributed by atoms with Gasteiger partial charge in [0, 0.05) is 18.2 Å². The van der Waals surface area contributed by atoms with E-state index < -0.39 is 0 Å². The summed E-state index contributed by atoms with van der Waals surface area (Å²) in [5.41, 5.74) is 7.85. The van der Waals surface area contributed by atoms with Crippen molar-refractivity contribution in [2.45, 2.75) is 18.8 Å². The molecule has 0 unspecified atom stereocenters. The standard InChI is InChI=1S/C12H17N5/c1-16-6-3-9(4-7-16)10-8-12-14-5-2-11(13)17(12)15-10/h2,5,8-9H,3-4,6-7,13H2,1H3. The Balaban J connectivity index is 1.93. The van der Waals surface area contributed by atoms with Crippen LogP contribution in [0.4, 0.5) is 5.82 Å². The number of nitrogens with two attached hydrogens (primary N) is 1. The first-order valence-corrected chi connectivity index (χ1v) is 6.03. The molecule has 0 aliphatic carbocycles. The molecule has 2 aromatic rings. The van der Waals surface area contributed by atoms with E-state index in [2.05, 4.69) is 28.1 Å². The lowest BCUT2D eigenvalue weighted by Crippen LogP contribution is -2.29. The number of aromatic nitrogens is 3. The molecule has 0 bridgehead atoms. The zero-order chi connectivity index (χ0) is 11.8. The van der Waals surface area contributed by atoms with Crippen molar-refractivity contribution >= 4 is 11.5 Å². The third-order valence-corrected chi connectivity index (χ3v) is 3.54. The minimum atomic E-state index is 0.548. The molecule has 5 heteroatoms. The second-order valence-electron chi connectivity index (χ2n) is 4.79. The van der Waals surface area contributed by atoms with Crippen LogP contribution in [0.25, 0.3) is 5.65 Å². The Labute approximate surface area is 100 Å². The van der Waals surface area contributed by atoms with E-state index >= 15 is 0 Å². The Kier molecular flexibility index (Phi) is 2.48. The van der Waals surface area contributed by atoms with Crippen LogP contribution in [0.15, 0.2) is 18.3 Å². The van der Waals surface area contributed by atoms with Gasteiger partial charge in [-0.2, -0.15) is 9.61 Å². The van der Waals surface area contributed by atoms with Gasteiger partial charge in [-0.3, -0.25) is 0 Å². The largest absolute Gasteiger partial charge is 0.384 e. The van der Waals surface area contributed by atoms with Crippen molar-refractivity contribution in [1.82, 2.24) is 19.5 Å². The zero-order valence-corrected chi connectivity index (χ0v) is 10.0. The highest BCUT2D eigenvalue weighted by Crippen LogP contribution is 2.27. The van der Waals surface area contributed by atoms with E-state index in [1.807, 2.05) is 0 Å². The van der Waals surface area contributed by atoms with Crippen LogP contribution < -0.4 is 5.73 Å². The van der Waals surface area contributed by atoms with E-state index in [0.717, 1.165) is 24.4 Å². The van der Waals surface area contributed by atoms with Gasteiger partial charge in [0.2, 0.25) is 0 Å². The number of anilines is 1. The summed E-state index contributed by atoms with van der Waals surface area (Å²) >= 11 is 0. The zero-order valence-electron chi connectivity index (χ0n) is 10.0. The summed E-state index contributed by atoms with van der Waals surface area (Å²) in [4.78, 5) is 6.64. The van der Waals surface area contributed by atoms with Crippen LogP contribution in [-0.2, 0) is 0 Å². The second-order valence-corrected chi connectivity index (χ2v) is 4.79. The normalized spacial score (nSPS) is 18.9. The van der Waals surface area contributed by atoms with E-state index in [-0.39, 0.29) is 0 Å². The number of nitrogens with zero attached hydrogens (tertiary/aromatic N) is 4. The Morgan fingerprint density at radius 2 is 2.12 bits per heavy atom. The van der Waals surface area contributed by atoms with Gasteiger partial charge in [-0.25, -0.2) is 4.98 Å². The molecule has 17 heavy (non-hydrogen) atoms. The number of fused-ring (bicyclic) bond motifs is 1. The SMILES string of the molecule is CN1CCC(c2cc3nccc(N)n3n2)CC1.